The third-order valence-corrected chi connectivity index (χ3v) is 10.9. The first kappa shape index (κ1) is 29.5. The average molecular weight is 651 g/mol. The molecule has 0 unspecified atom stereocenters. The number of nitrogens with zero attached hydrogens (tertiary/aromatic N) is 2. The van der Waals surface area contributed by atoms with Gasteiger partial charge in [-0.3, -0.25) is 0 Å². The first-order valence-electron chi connectivity index (χ1n) is 17.7. The lowest BCUT2D eigenvalue weighted by atomic mass is 9.82. The van der Waals surface area contributed by atoms with E-state index in [1.165, 1.54) is 65.7 Å². The van der Waals surface area contributed by atoms with Crippen molar-refractivity contribution in [2.45, 2.75) is 19.3 Å². The minimum Gasteiger partial charge on any atom is -0.228 e. The van der Waals surface area contributed by atoms with Gasteiger partial charge in [0.15, 0.2) is 5.82 Å². The number of hydrogen-bond donors (Lipinski definition) is 0. The monoisotopic (exact) mass is 650 g/mol. The van der Waals surface area contributed by atoms with Gasteiger partial charge in [-0.25, -0.2) is 9.97 Å². The average Bonchev–Trinajstić information content (AvgIpc) is 3.42. The van der Waals surface area contributed by atoms with Crippen molar-refractivity contribution in [1.82, 2.24) is 9.97 Å². The molecule has 1 aliphatic rings. The van der Waals surface area contributed by atoms with Gasteiger partial charge in [-0.15, -0.1) is 0 Å². The molecule has 9 aromatic rings. The van der Waals surface area contributed by atoms with Crippen molar-refractivity contribution >= 4 is 32.3 Å². The van der Waals surface area contributed by atoms with E-state index in [9.17, 15) is 0 Å². The number of hydrogen-bond acceptors (Lipinski definition) is 2. The first-order valence-corrected chi connectivity index (χ1v) is 17.7. The van der Waals surface area contributed by atoms with E-state index in [1.54, 1.807) is 0 Å². The molecule has 1 aromatic heterocycles. The van der Waals surface area contributed by atoms with Crippen LogP contribution in [0.1, 0.15) is 25.0 Å². The van der Waals surface area contributed by atoms with Crippen LogP contribution in [0, 0.1) is 0 Å². The lowest BCUT2D eigenvalue weighted by Gasteiger charge is -2.21. The number of aromatic nitrogens is 2. The van der Waals surface area contributed by atoms with E-state index in [4.69, 9.17) is 9.97 Å². The summed E-state index contributed by atoms with van der Waals surface area (Å²) in [6.45, 7) is 4.65. The van der Waals surface area contributed by atoms with Crippen LogP contribution in [0.15, 0.2) is 170 Å². The van der Waals surface area contributed by atoms with Gasteiger partial charge in [-0.05, 0) is 72.4 Å². The molecule has 10 rings (SSSR count). The van der Waals surface area contributed by atoms with Gasteiger partial charge in [0.1, 0.15) is 0 Å². The van der Waals surface area contributed by atoms with Crippen LogP contribution >= 0.6 is 0 Å². The predicted molar refractivity (Wildman–Crippen MR) is 214 cm³/mol. The molecule has 0 spiro atoms. The van der Waals surface area contributed by atoms with Gasteiger partial charge in [0, 0.05) is 27.5 Å². The van der Waals surface area contributed by atoms with E-state index in [0.29, 0.717) is 5.82 Å². The molecule has 0 atom stereocenters. The standard InChI is InChI=1S/C49H34N2/c1-49(2)41-24-14-13-21-36(41)40-29-34(26-28-42(40)49)43-30-44(51-48(50-43)33-18-7-4-8-19-33)47-38-23-12-11-22-37(38)45(32-16-5-3-6-17-32)39-27-25-31-15-9-10-20-35(31)46(39)47/h3-30H,1-2H3. The van der Waals surface area contributed by atoms with E-state index < -0.39 is 0 Å². The minimum atomic E-state index is -0.0596. The number of fused-ring (bicyclic) bond motifs is 7. The Balaban J connectivity index is 1.32. The van der Waals surface area contributed by atoms with Crippen LogP contribution in [0.4, 0.5) is 0 Å². The zero-order valence-electron chi connectivity index (χ0n) is 28.6. The predicted octanol–water partition coefficient (Wildman–Crippen LogP) is 12.9. The second-order valence-electron chi connectivity index (χ2n) is 14.1. The lowest BCUT2D eigenvalue weighted by Crippen LogP contribution is -2.14. The van der Waals surface area contributed by atoms with Gasteiger partial charge in [-0.1, -0.05) is 172 Å². The second-order valence-corrected chi connectivity index (χ2v) is 14.1. The largest absolute Gasteiger partial charge is 0.228 e. The molecule has 1 aliphatic carbocycles. The van der Waals surface area contributed by atoms with Crippen LogP contribution in [0.25, 0.3) is 88.5 Å². The van der Waals surface area contributed by atoms with Crippen LogP contribution in [-0.4, -0.2) is 9.97 Å². The maximum atomic E-state index is 5.43. The molecule has 2 nitrogen and oxygen atoms in total. The molecule has 8 aromatic carbocycles. The zero-order chi connectivity index (χ0) is 34.1. The van der Waals surface area contributed by atoms with Gasteiger partial charge in [0.25, 0.3) is 0 Å². The zero-order valence-corrected chi connectivity index (χ0v) is 28.6. The smallest absolute Gasteiger partial charge is 0.160 e. The van der Waals surface area contributed by atoms with Gasteiger partial charge in [0.2, 0.25) is 0 Å². The Morgan fingerprint density at radius 1 is 0.392 bits per heavy atom. The van der Waals surface area contributed by atoms with E-state index in [2.05, 4.69) is 178 Å². The summed E-state index contributed by atoms with van der Waals surface area (Å²) >= 11 is 0. The second kappa shape index (κ2) is 11.3. The highest BCUT2D eigenvalue weighted by atomic mass is 14.9. The Hall–Kier alpha value is -6.38. The molecule has 0 saturated heterocycles. The fourth-order valence-corrected chi connectivity index (χ4v) is 8.45. The molecule has 0 bridgehead atoms. The number of rotatable bonds is 4. The molecular formula is C49H34N2. The topological polar surface area (TPSA) is 25.8 Å². The van der Waals surface area contributed by atoms with Crippen molar-refractivity contribution in [2.75, 3.05) is 0 Å². The normalized spacial score (nSPS) is 13.1. The van der Waals surface area contributed by atoms with Gasteiger partial charge in [0.05, 0.1) is 11.4 Å². The molecule has 0 amide bonds. The highest BCUT2D eigenvalue weighted by Gasteiger charge is 2.35. The van der Waals surface area contributed by atoms with Crippen LogP contribution in [0.3, 0.4) is 0 Å². The van der Waals surface area contributed by atoms with E-state index in [0.717, 1.165) is 28.1 Å². The highest BCUT2D eigenvalue weighted by molar-refractivity contribution is 6.27. The first-order chi connectivity index (χ1) is 25.1. The lowest BCUT2D eigenvalue weighted by molar-refractivity contribution is 0.660. The molecule has 1 heterocycles. The number of benzene rings is 8. The van der Waals surface area contributed by atoms with Crippen LogP contribution in [-0.2, 0) is 5.41 Å². The fraction of sp³-hybridized carbons (Fsp3) is 0.0612. The molecular weight excluding hydrogens is 617 g/mol. The fourth-order valence-electron chi connectivity index (χ4n) is 8.45. The van der Waals surface area contributed by atoms with Gasteiger partial charge >= 0.3 is 0 Å². The van der Waals surface area contributed by atoms with Crippen molar-refractivity contribution in [3.63, 3.8) is 0 Å². The van der Waals surface area contributed by atoms with Crippen LogP contribution < -0.4 is 0 Å². The van der Waals surface area contributed by atoms with Crippen LogP contribution in [0.5, 0.6) is 0 Å². The summed E-state index contributed by atoms with van der Waals surface area (Å²) in [6, 6.07) is 61.2. The van der Waals surface area contributed by atoms with Gasteiger partial charge < -0.3 is 0 Å². The van der Waals surface area contributed by atoms with E-state index in [1.807, 2.05) is 6.07 Å². The highest BCUT2D eigenvalue weighted by Crippen LogP contribution is 2.50. The molecule has 51 heavy (non-hydrogen) atoms. The maximum absolute atomic E-state index is 5.43. The Kier molecular flexibility index (Phi) is 6.56. The van der Waals surface area contributed by atoms with Crippen molar-refractivity contribution in [3.05, 3.63) is 181 Å². The summed E-state index contributed by atoms with van der Waals surface area (Å²) in [5.74, 6) is 0.717. The third-order valence-electron chi connectivity index (χ3n) is 10.9. The Bertz CT molecular complexity index is 2810. The molecule has 240 valence electrons. The minimum absolute atomic E-state index is 0.0596. The Labute approximate surface area is 297 Å². The summed E-state index contributed by atoms with van der Waals surface area (Å²) in [6.07, 6.45) is 0. The molecule has 0 N–H and O–H groups in total. The summed E-state index contributed by atoms with van der Waals surface area (Å²) < 4.78 is 0. The third kappa shape index (κ3) is 4.57. The van der Waals surface area contributed by atoms with Crippen molar-refractivity contribution < 1.29 is 0 Å². The molecule has 0 aliphatic heterocycles. The van der Waals surface area contributed by atoms with E-state index in [-0.39, 0.29) is 5.41 Å². The van der Waals surface area contributed by atoms with E-state index >= 15 is 0 Å². The maximum Gasteiger partial charge on any atom is 0.160 e. The summed E-state index contributed by atoms with van der Waals surface area (Å²) in [7, 11) is 0. The Morgan fingerprint density at radius 2 is 1.00 bits per heavy atom. The SMILES string of the molecule is CC1(C)c2ccccc2-c2cc(-c3cc(-c4c5ccccc5c(-c5ccccc5)c5ccc6ccccc6c45)nc(-c4ccccc4)n3)ccc21. The van der Waals surface area contributed by atoms with Gasteiger partial charge in [-0.2, -0.15) is 0 Å². The molecule has 0 fully saturated rings. The molecule has 2 heteroatoms. The summed E-state index contributed by atoms with van der Waals surface area (Å²) in [4.78, 5) is 10.7. The summed E-state index contributed by atoms with van der Waals surface area (Å²) in [5.41, 5.74) is 12.7. The molecule has 0 radical (unpaired) electrons. The summed E-state index contributed by atoms with van der Waals surface area (Å²) in [5, 5.41) is 7.22. The van der Waals surface area contributed by atoms with Crippen molar-refractivity contribution in [1.29, 1.82) is 0 Å². The quantitative estimate of drug-likeness (QED) is 0.140. The Morgan fingerprint density at radius 3 is 1.78 bits per heavy atom. The van der Waals surface area contributed by atoms with Crippen molar-refractivity contribution in [3.8, 4) is 56.2 Å². The van der Waals surface area contributed by atoms with Crippen molar-refractivity contribution in [2.24, 2.45) is 0 Å². The van der Waals surface area contributed by atoms with Crippen LogP contribution in [0.2, 0.25) is 0 Å². The molecule has 0 saturated carbocycles.